The zero-order chi connectivity index (χ0) is 16.7. The maximum atomic E-state index is 12.9. The number of nitrogens with one attached hydrogen (secondary N) is 1. The summed E-state index contributed by atoms with van der Waals surface area (Å²) in [6.07, 6.45) is 5.25. The van der Waals surface area contributed by atoms with Crippen molar-refractivity contribution in [2.45, 2.75) is 44.7 Å². The predicted octanol–water partition coefficient (Wildman–Crippen LogP) is 2.59. The van der Waals surface area contributed by atoms with Crippen molar-refractivity contribution in [2.24, 2.45) is 0 Å². The number of likely N-dealkylation sites (tertiary alicyclic amines) is 1. The SMILES string of the molecule is Cc1sc(-c2ccco2)nc1C(=O)N1CCC[C@H]1C(=O)NC1CC1. The van der Waals surface area contributed by atoms with Gasteiger partial charge in [0.1, 0.15) is 11.7 Å². The van der Waals surface area contributed by atoms with Crippen LogP contribution in [0.4, 0.5) is 0 Å². The highest BCUT2D eigenvalue weighted by molar-refractivity contribution is 7.15. The van der Waals surface area contributed by atoms with E-state index in [1.165, 1.54) is 11.3 Å². The first-order valence-corrected chi connectivity index (χ1v) is 9.08. The molecule has 0 bridgehead atoms. The number of hydrogen-bond acceptors (Lipinski definition) is 5. The van der Waals surface area contributed by atoms with Crippen LogP contribution in [-0.2, 0) is 4.79 Å². The average molecular weight is 345 g/mol. The number of aryl methyl sites for hydroxylation is 1. The van der Waals surface area contributed by atoms with E-state index in [0.29, 0.717) is 29.0 Å². The summed E-state index contributed by atoms with van der Waals surface area (Å²) in [7, 11) is 0. The van der Waals surface area contributed by atoms with Crippen molar-refractivity contribution in [1.29, 1.82) is 0 Å². The number of hydrogen-bond donors (Lipinski definition) is 1. The minimum Gasteiger partial charge on any atom is -0.462 e. The quantitative estimate of drug-likeness (QED) is 0.924. The third kappa shape index (κ3) is 2.84. The number of carbonyl (C=O) groups is 2. The average Bonchev–Trinajstić information content (AvgIpc) is 3.04. The minimum atomic E-state index is -0.369. The van der Waals surface area contributed by atoms with Gasteiger partial charge in [0, 0.05) is 17.5 Å². The van der Waals surface area contributed by atoms with Gasteiger partial charge in [-0.25, -0.2) is 4.98 Å². The Kier molecular flexibility index (Phi) is 3.88. The van der Waals surface area contributed by atoms with E-state index in [9.17, 15) is 9.59 Å². The Bertz CT molecular complexity index is 764. The molecule has 2 amide bonds. The minimum absolute atomic E-state index is 0.0255. The van der Waals surface area contributed by atoms with E-state index in [0.717, 1.165) is 30.6 Å². The Morgan fingerprint density at radius 1 is 1.38 bits per heavy atom. The number of nitrogens with zero attached hydrogens (tertiary/aromatic N) is 2. The highest BCUT2D eigenvalue weighted by atomic mass is 32.1. The highest BCUT2D eigenvalue weighted by Crippen LogP contribution is 2.30. The molecule has 0 spiro atoms. The monoisotopic (exact) mass is 345 g/mol. The molecule has 2 aromatic rings. The van der Waals surface area contributed by atoms with E-state index >= 15 is 0 Å². The molecule has 0 aromatic carbocycles. The fraction of sp³-hybridized carbons (Fsp3) is 0.471. The van der Waals surface area contributed by atoms with Gasteiger partial charge in [-0.1, -0.05) is 0 Å². The fourth-order valence-electron chi connectivity index (χ4n) is 3.04. The number of aromatic nitrogens is 1. The van der Waals surface area contributed by atoms with E-state index in [1.807, 2.05) is 13.0 Å². The van der Waals surface area contributed by atoms with Gasteiger partial charge in [-0.2, -0.15) is 0 Å². The molecular formula is C17H19N3O3S. The molecule has 126 valence electrons. The zero-order valence-corrected chi connectivity index (χ0v) is 14.3. The lowest BCUT2D eigenvalue weighted by molar-refractivity contribution is -0.125. The van der Waals surface area contributed by atoms with Crippen LogP contribution in [0, 0.1) is 6.92 Å². The van der Waals surface area contributed by atoms with Gasteiger partial charge in [-0.05, 0) is 44.7 Å². The number of furan rings is 1. The van der Waals surface area contributed by atoms with Crippen LogP contribution in [0.15, 0.2) is 22.8 Å². The predicted molar refractivity (Wildman–Crippen MR) is 89.8 cm³/mol. The number of carbonyl (C=O) groups excluding carboxylic acids is 2. The van der Waals surface area contributed by atoms with Crippen molar-refractivity contribution < 1.29 is 14.0 Å². The molecule has 7 heteroatoms. The molecule has 0 radical (unpaired) electrons. The molecule has 6 nitrogen and oxygen atoms in total. The van der Waals surface area contributed by atoms with Crippen LogP contribution >= 0.6 is 11.3 Å². The smallest absolute Gasteiger partial charge is 0.274 e. The molecule has 1 N–H and O–H groups in total. The third-order valence-corrected chi connectivity index (χ3v) is 5.46. The summed E-state index contributed by atoms with van der Waals surface area (Å²) in [5.41, 5.74) is 0.428. The Morgan fingerprint density at radius 2 is 2.21 bits per heavy atom. The van der Waals surface area contributed by atoms with E-state index < -0.39 is 0 Å². The van der Waals surface area contributed by atoms with Crippen molar-refractivity contribution >= 4 is 23.2 Å². The van der Waals surface area contributed by atoms with Gasteiger partial charge in [0.2, 0.25) is 5.91 Å². The molecule has 2 aromatic heterocycles. The molecule has 1 atom stereocenters. The lowest BCUT2D eigenvalue weighted by Gasteiger charge is -2.23. The maximum Gasteiger partial charge on any atom is 0.274 e. The third-order valence-electron chi connectivity index (χ3n) is 4.47. The molecule has 3 heterocycles. The van der Waals surface area contributed by atoms with Crippen LogP contribution in [0.5, 0.6) is 0 Å². The lowest BCUT2D eigenvalue weighted by atomic mass is 10.2. The number of amides is 2. The van der Waals surface area contributed by atoms with Crippen LogP contribution in [0.25, 0.3) is 10.8 Å². The van der Waals surface area contributed by atoms with E-state index in [2.05, 4.69) is 10.3 Å². The van der Waals surface area contributed by atoms with Gasteiger partial charge in [0.25, 0.3) is 5.91 Å². The first-order valence-electron chi connectivity index (χ1n) is 8.26. The maximum absolute atomic E-state index is 12.9. The van der Waals surface area contributed by atoms with Crippen LogP contribution in [0.2, 0.25) is 0 Å². The van der Waals surface area contributed by atoms with Crippen molar-refractivity contribution in [3.05, 3.63) is 29.0 Å². The Hall–Kier alpha value is -2.15. The number of rotatable bonds is 4. The van der Waals surface area contributed by atoms with Gasteiger partial charge < -0.3 is 14.6 Å². The summed E-state index contributed by atoms with van der Waals surface area (Å²) < 4.78 is 5.36. The fourth-order valence-corrected chi connectivity index (χ4v) is 3.92. The van der Waals surface area contributed by atoms with Crippen LogP contribution in [-0.4, -0.2) is 40.3 Å². The van der Waals surface area contributed by atoms with Gasteiger partial charge in [0.15, 0.2) is 10.8 Å². The molecule has 4 rings (SSSR count). The second-order valence-corrected chi connectivity index (χ2v) is 7.54. The van der Waals surface area contributed by atoms with E-state index in [-0.39, 0.29) is 17.9 Å². The van der Waals surface area contributed by atoms with Crippen LogP contribution < -0.4 is 5.32 Å². The molecule has 2 aliphatic rings. The van der Waals surface area contributed by atoms with Gasteiger partial charge in [-0.3, -0.25) is 9.59 Å². The molecule has 2 fully saturated rings. The van der Waals surface area contributed by atoms with Crippen LogP contribution in [0.3, 0.4) is 0 Å². The molecule has 1 aliphatic heterocycles. The van der Waals surface area contributed by atoms with Crippen molar-refractivity contribution in [3.8, 4) is 10.8 Å². The molecular weight excluding hydrogens is 326 g/mol. The number of thiazole rings is 1. The second-order valence-electron chi connectivity index (χ2n) is 6.34. The van der Waals surface area contributed by atoms with Gasteiger partial charge >= 0.3 is 0 Å². The first-order chi connectivity index (χ1) is 11.6. The normalized spacial score (nSPS) is 20.4. The molecule has 1 saturated heterocycles. The summed E-state index contributed by atoms with van der Waals surface area (Å²) in [6.45, 7) is 2.49. The molecule has 1 saturated carbocycles. The topological polar surface area (TPSA) is 75.4 Å². The van der Waals surface area contributed by atoms with E-state index in [1.54, 1.807) is 17.2 Å². The summed E-state index contributed by atoms with van der Waals surface area (Å²) in [5.74, 6) is 0.476. The van der Waals surface area contributed by atoms with Crippen molar-refractivity contribution in [3.63, 3.8) is 0 Å². The summed E-state index contributed by atoms with van der Waals surface area (Å²) in [4.78, 5) is 32.3. The largest absolute Gasteiger partial charge is 0.462 e. The van der Waals surface area contributed by atoms with Crippen molar-refractivity contribution in [2.75, 3.05) is 6.54 Å². The van der Waals surface area contributed by atoms with E-state index in [4.69, 9.17) is 4.42 Å². The molecule has 1 aliphatic carbocycles. The summed E-state index contributed by atoms with van der Waals surface area (Å²) in [5, 5.41) is 3.70. The highest BCUT2D eigenvalue weighted by Gasteiger charge is 2.38. The standard InChI is InChI=1S/C17H19N3O3S/c1-10-14(19-16(24-10)13-5-3-9-23-13)17(22)20-8-2-4-12(20)15(21)18-11-6-7-11/h3,5,9,11-12H,2,4,6-8H2,1H3,(H,18,21)/t12-/m0/s1. The molecule has 24 heavy (non-hydrogen) atoms. The van der Waals surface area contributed by atoms with Crippen molar-refractivity contribution in [1.82, 2.24) is 15.2 Å². The van der Waals surface area contributed by atoms with Crippen LogP contribution in [0.1, 0.15) is 41.0 Å². The zero-order valence-electron chi connectivity index (χ0n) is 13.4. The second kappa shape index (κ2) is 6.05. The Balaban J connectivity index is 1.55. The lowest BCUT2D eigenvalue weighted by Crippen LogP contribution is -2.46. The Morgan fingerprint density at radius 3 is 2.92 bits per heavy atom. The summed E-state index contributed by atoms with van der Waals surface area (Å²) >= 11 is 1.44. The first kappa shape index (κ1) is 15.4. The van der Waals surface area contributed by atoms with Gasteiger partial charge in [-0.15, -0.1) is 11.3 Å². The van der Waals surface area contributed by atoms with Gasteiger partial charge in [0.05, 0.1) is 6.26 Å². The molecule has 0 unspecified atom stereocenters. The summed E-state index contributed by atoms with van der Waals surface area (Å²) in [6, 6.07) is 3.56. The Labute approximate surface area is 143 Å².